The van der Waals surface area contributed by atoms with Gasteiger partial charge in [-0.25, -0.2) is 0 Å². The van der Waals surface area contributed by atoms with Crippen molar-refractivity contribution in [2.45, 2.75) is 26.9 Å². The highest BCUT2D eigenvalue weighted by Gasteiger charge is 2.15. The maximum absolute atomic E-state index is 12.5. The second-order valence-corrected chi connectivity index (χ2v) is 8.08. The van der Waals surface area contributed by atoms with Crippen LogP contribution in [0.25, 0.3) is 0 Å². The fourth-order valence-electron chi connectivity index (χ4n) is 3.07. The zero-order chi connectivity index (χ0) is 21.3. The van der Waals surface area contributed by atoms with Crippen LogP contribution in [0.3, 0.4) is 0 Å². The van der Waals surface area contributed by atoms with Gasteiger partial charge in [-0.15, -0.1) is 0 Å². The monoisotopic (exact) mass is 487 g/mol. The number of aryl methyl sites for hydroxylation is 1. The topological polar surface area (TPSA) is 77.9 Å². The maximum atomic E-state index is 12.5. The molecule has 1 N–H and O–H groups in total. The molecule has 1 amide bonds. The van der Waals surface area contributed by atoms with Gasteiger partial charge in [-0.05, 0) is 53.5 Å². The van der Waals surface area contributed by atoms with Gasteiger partial charge in [0, 0.05) is 11.2 Å². The van der Waals surface area contributed by atoms with Gasteiger partial charge >= 0.3 is 0 Å². The SMILES string of the molecule is Cc1nn(Cc2ccc(C(=O)Nc3cnn(Cc4ccccc4Cl)c3)o2)c(C)c1Br. The first kappa shape index (κ1) is 20.4. The summed E-state index contributed by atoms with van der Waals surface area (Å²) in [7, 11) is 0. The molecular weight excluding hydrogens is 470 g/mol. The molecule has 7 nitrogen and oxygen atoms in total. The normalized spacial score (nSPS) is 11.1. The van der Waals surface area contributed by atoms with E-state index in [2.05, 4.69) is 31.4 Å². The fraction of sp³-hybridized carbons (Fsp3) is 0.190. The number of nitrogens with zero attached hydrogens (tertiary/aromatic N) is 4. The summed E-state index contributed by atoms with van der Waals surface area (Å²) < 4.78 is 10.2. The molecule has 3 aromatic heterocycles. The van der Waals surface area contributed by atoms with Crippen LogP contribution >= 0.6 is 27.5 Å². The molecule has 0 saturated heterocycles. The van der Waals surface area contributed by atoms with Crippen LogP contribution in [-0.2, 0) is 13.1 Å². The molecule has 0 spiro atoms. The number of amides is 1. The van der Waals surface area contributed by atoms with Crippen molar-refractivity contribution in [2.75, 3.05) is 5.32 Å². The summed E-state index contributed by atoms with van der Waals surface area (Å²) in [5.41, 5.74) is 3.44. The molecular formula is C21H19BrClN5O2. The van der Waals surface area contributed by atoms with Crippen LogP contribution in [-0.4, -0.2) is 25.5 Å². The standard InChI is InChI=1S/C21H19BrClN5O2/c1-13-20(22)14(2)28(26-13)12-17-7-8-19(30-17)21(29)25-16-9-24-27(11-16)10-15-5-3-4-6-18(15)23/h3-9,11H,10,12H2,1-2H3,(H,25,29). The highest BCUT2D eigenvalue weighted by Crippen LogP contribution is 2.21. The number of benzene rings is 1. The van der Waals surface area contributed by atoms with Crippen molar-refractivity contribution in [2.24, 2.45) is 0 Å². The number of carbonyl (C=O) groups excluding carboxylic acids is 1. The van der Waals surface area contributed by atoms with Gasteiger partial charge in [-0.2, -0.15) is 10.2 Å². The second-order valence-electron chi connectivity index (χ2n) is 6.88. The number of carbonyl (C=O) groups is 1. The summed E-state index contributed by atoms with van der Waals surface area (Å²) in [6.07, 6.45) is 3.34. The third-order valence-corrected chi connectivity index (χ3v) is 6.18. The van der Waals surface area contributed by atoms with Crippen LogP contribution in [0.5, 0.6) is 0 Å². The lowest BCUT2D eigenvalue weighted by molar-refractivity contribution is 0.0994. The Balaban J connectivity index is 1.41. The van der Waals surface area contributed by atoms with Crippen LogP contribution in [0.15, 0.2) is 57.7 Å². The molecule has 0 unspecified atom stereocenters. The van der Waals surface area contributed by atoms with E-state index in [-0.39, 0.29) is 11.7 Å². The Hall–Kier alpha value is -2.84. The van der Waals surface area contributed by atoms with Gasteiger partial charge in [0.2, 0.25) is 0 Å². The summed E-state index contributed by atoms with van der Waals surface area (Å²) in [5, 5.41) is 12.2. The summed E-state index contributed by atoms with van der Waals surface area (Å²) in [6.45, 7) is 4.86. The predicted octanol–water partition coefficient (Wildman–Crippen LogP) is 5.05. The third-order valence-electron chi connectivity index (χ3n) is 4.67. The van der Waals surface area contributed by atoms with Crippen LogP contribution < -0.4 is 5.32 Å². The number of anilines is 1. The number of furan rings is 1. The van der Waals surface area contributed by atoms with Crippen LogP contribution in [0, 0.1) is 13.8 Å². The maximum Gasteiger partial charge on any atom is 0.291 e. The molecule has 0 saturated carbocycles. The largest absolute Gasteiger partial charge is 0.454 e. The Morgan fingerprint density at radius 2 is 2.00 bits per heavy atom. The van der Waals surface area contributed by atoms with Gasteiger partial charge in [0.25, 0.3) is 5.91 Å². The second kappa shape index (κ2) is 8.49. The van der Waals surface area contributed by atoms with Gasteiger partial charge < -0.3 is 9.73 Å². The van der Waals surface area contributed by atoms with E-state index < -0.39 is 0 Å². The van der Waals surface area contributed by atoms with E-state index in [0.29, 0.717) is 29.6 Å². The molecule has 4 aromatic rings. The zero-order valence-corrected chi connectivity index (χ0v) is 18.7. The molecule has 3 heterocycles. The molecule has 0 bridgehead atoms. The smallest absolute Gasteiger partial charge is 0.291 e. The Labute approximate surface area is 186 Å². The highest BCUT2D eigenvalue weighted by atomic mass is 79.9. The summed E-state index contributed by atoms with van der Waals surface area (Å²) in [4.78, 5) is 12.5. The van der Waals surface area contributed by atoms with Gasteiger partial charge in [0.1, 0.15) is 5.76 Å². The minimum atomic E-state index is -0.340. The molecule has 0 aliphatic heterocycles. The number of hydrogen-bond acceptors (Lipinski definition) is 4. The molecule has 30 heavy (non-hydrogen) atoms. The van der Waals surface area contributed by atoms with Crippen LogP contribution in [0.1, 0.15) is 33.3 Å². The Morgan fingerprint density at radius 1 is 1.20 bits per heavy atom. The van der Waals surface area contributed by atoms with Crippen molar-refractivity contribution in [1.82, 2.24) is 19.6 Å². The van der Waals surface area contributed by atoms with E-state index in [1.807, 2.05) is 42.8 Å². The first-order valence-electron chi connectivity index (χ1n) is 9.26. The summed E-state index contributed by atoms with van der Waals surface area (Å²) >= 11 is 9.71. The van der Waals surface area contributed by atoms with E-state index in [1.54, 1.807) is 29.2 Å². The quantitative estimate of drug-likeness (QED) is 0.412. The van der Waals surface area contributed by atoms with E-state index in [1.165, 1.54) is 0 Å². The molecule has 4 rings (SSSR count). The Bertz CT molecular complexity index is 1210. The summed E-state index contributed by atoms with van der Waals surface area (Å²) in [6, 6.07) is 11.0. The predicted molar refractivity (Wildman–Crippen MR) is 118 cm³/mol. The highest BCUT2D eigenvalue weighted by molar-refractivity contribution is 9.10. The molecule has 0 aliphatic carbocycles. The average Bonchev–Trinajstić information content (AvgIpc) is 3.42. The molecule has 9 heteroatoms. The van der Waals surface area contributed by atoms with E-state index in [9.17, 15) is 4.79 Å². The lowest BCUT2D eigenvalue weighted by atomic mass is 10.2. The van der Waals surface area contributed by atoms with Crippen molar-refractivity contribution in [3.05, 3.63) is 86.8 Å². The number of rotatable bonds is 6. The van der Waals surface area contributed by atoms with Crippen molar-refractivity contribution in [1.29, 1.82) is 0 Å². The van der Waals surface area contributed by atoms with Crippen LogP contribution in [0.4, 0.5) is 5.69 Å². The average molecular weight is 489 g/mol. The van der Waals surface area contributed by atoms with Crippen molar-refractivity contribution < 1.29 is 9.21 Å². The minimum Gasteiger partial charge on any atom is -0.454 e. The molecule has 0 fully saturated rings. The van der Waals surface area contributed by atoms with E-state index in [4.69, 9.17) is 16.0 Å². The molecule has 0 atom stereocenters. The molecule has 0 radical (unpaired) electrons. The fourth-order valence-corrected chi connectivity index (χ4v) is 3.55. The van der Waals surface area contributed by atoms with Gasteiger partial charge in [0.05, 0.1) is 40.8 Å². The zero-order valence-electron chi connectivity index (χ0n) is 16.4. The van der Waals surface area contributed by atoms with E-state index in [0.717, 1.165) is 21.4 Å². The van der Waals surface area contributed by atoms with Crippen molar-refractivity contribution >= 4 is 39.1 Å². The van der Waals surface area contributed by atoms with E-state index >= 15 is 0 Å². The number of hydrogen-bond donors (Lipinski definition) is 1. The lowest BCUT2D eigenvalue weighted by Gasteiger charge is -2.04. The number of aromatic nitrogens is 4. The van der Waals surface area contributed by atoms with Crippen molar-refractivity contribution in [3.63, 3.8) is 0 Å². The van der Waals surface area contributed by atoms with Gasteiger partial charge in [0.15, 0.2) is 5.76 Å². The Kier molecular flexibility index (Phi) is 5.78. The first-order valence-corrected chi connectivity index (χ1v) is 10.4. The molecule has 154 valence electrons. The third kappa shape index (κ3) is 4.34. The Morgan fingerprint density at radius 3 is 2.73 bits per heavy atom. The minimum absolute atomic E-state index is 0.226. The van der Waals surface area contributed by atoms with Crippen molar-refractivity contribution in [3.8, 4) is 0 Å². The molecule has 1 aromatic carbocycles. The van der Waals surface area contributed by atoms with Gasteiger partial charge in [-0.3, -0.25) is 14.2 Å². The number of nitrogens with one attached hydrogen (secondary N) is 1. The molecule has 0 aliphatic rings. The van der Waals surface area contributed by atoms with Crippen LogP contribution in [0.2, 0.25) is 5.02 Å². The first-order chi connectivity index (χ1) is 14.4. The summed E-state index contributed by atoms with van der Waals surface area (Å²) in [5.74, 6) is 0.533. The number of halogens is 2. The lowest BCUT2D eigenvalue weighted by Crippen LogP contribution is -2.10. The van der Waals surface area contributed by atoms with Gasteiger partial charge in [-0.1, -0.05) is 29.8 Å².